The monoisotopic (exact) mass is 276 g/mol. The highest BCUT2D eigenvalue weighted by atomic mass is 35.5. The van der Waals surface area contributed by atoms with Crippen LogP contribution in [0.3, 0.4) is 0 Å². The summed E-state index contributed by atoms with van der Waals surface area (Å²) in [5, 5.41) is 0.788. The van der Waals surface area contributed by atoms with E-state index in [2.05, 4.69) is 48.5 Å². The van der Waals surface area contributed by atoms with Crippen LogP contribution in [-0.2, 0) is 6.42 Å². The third kappa shape index (κ3) is 1.76. The van der Waals surface area contributed by atoms with Crippen LogP contribution in [0.25, 0.3) is 22.3 Å². The van der Waals surface area contributed by atoms with Crippen molar-refractivity contribution in [3.63, 3.8) is 0 Å². The van der Waals surface area contributed by atoms with E-state index >= 15 is 0 Å². The van der Waals surface area contributed by atoms with Crippen LogP contribution >= 0.6 is 11.6 Å². The van der Waals surface area contributed by atoms with Gasteiger partial charge in [0.25, 0.3) is 0 Å². The van der Waals surface area contributed by atoms with E-state index in [-0.39, 0.29) is 0 Å². The Morgan fingerprint density at radius 1 is 0.700 bits per heavy atom. The third-order valence-corrected chi connectivity index (χ3v) is 4.22. The summed E-state index contributed by atoms with van der Waals surface area (Å²) in [6.07, 6.45) is 1.01. The van der Waals surface area contributed by atoms with E-state index in [1.165, 1.54) is 33.4 Å². The van der Waals surface area contributed by atoms with Crippen LogP contribution in [-0.4, -0.2) is 0 Å². The molecule has 4 rings (SSSR count). The zero-order valence-corrected chi connectivity index (χ0v) is 11.7. The van der Waals surface area contributed by atoms with Crippen LogP contribution in [0.4, 0.5) is 0 Å². The largest absolute Gasteiger partial charge is 0.0843 e. The van der Waals surface area contributed by atoms with E-state index in [0.717, 1.165) is 11.4 Å². The first-order chi connectivity index (χ1) is 9.83. The van der Waals surface area contributed by atoms with Gasteiger partial charge in [0, 0.05) is 5.02 Å². The molecule has 0 spiro atoms. The molecule has 3 aromatic carbocycles. The maximum atomic E-state index is 6.13. The second-order valence-electron chi connectivity index (χ2n) is 5.18. The smallest absolute Gasteiger partial charge is 0.0412 e. The third-order valence-electron chi connectivity index (χ3n) is 3.99. The predicted molar refractivity (Wildman–Crippen MR) is 85.1 cm³/mol. The van der Waals surface area contributed by atoms with Crippen molar-refractivity contribution < 1.29 is 0 Å². The summed E-state index contributed by atoms with van der Waals surface area (Å²) in [5.41, 5.74) is 8.04. The van der Waals surface area contributed by atoms with Gasteiger partial charge in [-0.15, -0.1) is 0 Å². The number of benzene rings is 3. The highest BCUT2D eigenvalue weighted by molar-refractivity contribution is 6.30. The van der Waals surface area contributed by atoms with Crippen LogP contribution in [0.2, 0.25) is 5.02 Å². The van der Waals surface area contributed by atoms with E-state index < -0.39 is 0 Å². The molecule has 0 saturated carbocycles. The van der Waals surface area contributed by atoms with Crippen LogP contribution in [0.5, 0.6) is 0 Å². The molecular formula is C19H13Cl. The molecule has 0 amide bonds. The number of hydrogen-bond acceptors (Lipinski definition) is 0. The Labute approximate surface area is 123 Å². The molecule has 1 aliphatic carbocycles. The Morgan fingerprint density at radius 3 is 2.35 bits per heavy atom. The number of halogens is 1. The fraction of sp³-hybridized carbons (Fsp3) is 0.0526. The lowest BCUT2D eigenvalue weighted by molar-refractivity contribution is 1.26. The van der Waals surface area contributed by atoms with E-state index in [0.29, 0.717) is 0 Å². The average molecular weight is 277 g/mol. The van der Waals surface area contributed by atoms with Crippen molar-refractivity contribution in [1.82, 2.24) is 0 Å². The lowest BCUT2D eigenvalue weighted by Crippen LogP contribution is -1.87. The molecule has 0 saturated heterocycles. The van der Waals surface area contributed by atoms with Crippen LogP contribution in [0.1, 0.15) is 11.1 Å². The summed E-state index contributed by atoms with van der Waals surface area (Å²) >= 11 is 6.13. The minimum atomic E-state index is 0.788. The second kappa shape index (κ2) is 4.50. The molecule has 20 heavy (non-hydrogen) atoms. The zero-order chi connectivity index (χ0) is 13.5. The van der Waals surface area contributed by atoms with E-state index in [1.807, 2.05) is 18.2 Å². The molecule has 0 aliphatic heterocycles. The first kappa shape index (κ1) is 11.7. The van der Waals surface area contributed by atoms with Gasteiger partial charge in [0.2, 0.25) is 0 Å². The Hall–Kier alpha value is -2.05. The Morgan fingerprint density at radius 2 is 1.45 bits per heavy atom. The summed E-state index contributed by atoms with van der Waals surface area (Å²) in [7, 11) is 0. The number of hydrogen-bond donors (Lipinski definition) is 0. The fourth-order valence-corrected chi connectivity index (χ4v) is 3.27. The zero-order valence-electron chi connectivity index (χ0n) is 10.9. The lowest BCUT2D eigenvalue weighted by Gasteiger charge is -2.09. The Kier molecular flexibility index (Phi) is 2.64. The molecule has 0 nitrogen and oxygen atoms in total. The van der Waals surface area contributed by atoms with Crippen LogP contribution in [0, 0.1) is 0 Å². The molecule has 0 unspecified atom stereocenters. The maximum absolute atomic E-state index is 6.13. The highest BCUT2D eigenvalue weighted by Crippen LogP contribution is 2.41. The van der Waals surface area contributed by atoms with Crippen molar-refractivity contribution in [1.29, 1.82) is 0 Å². The van der Waals surface area contributed by atoms with Crippen molar-refractivity contribution in [2.75, 3.05) is 0 Å². The van der Waals surface area contributed by atoms with Crippen LogP contribution < -0.4 is 0 Å². The molecule has 0 N–H and O–H groups in total. The van der Waals surface area contributed by atoms with Crippen molar-refractivity contribution in [2.45, 2.75) is 6.42 Å². The summed E-state index contributed by atoms with van der Waals surface area (Å²) in [6.45, 7) is 0. The Balaban J connectivity index is 1.94. The first-order valence-corrected chi connectivity index (χ1v) is 7.17. The van der Waals surface area contributed by atoms with Gasteiger partial charge < -0.3 is 0 Å². The SMILES string of the molecule is Clc1cccc(-c2cccc3c2Cc2ccccc2-3)c1. The first-order valence-electron chi connectivity index (χ1n) is 6.79. The quantitative estimate of drug-likeness (QED) is 0.426. The van der Waals surface area contributed by atoms with E-state index in [9.17, 15) is 0 Å². The van der Waals surface area contributed by atoms with E-state index in [4.69, 9.17) is 11.6 Å². The normalized spacial score (nSPS) is 12.1. The molecule has 96 valence electrons. The Bertz CT molecular complexity index is 802. The predicted octanol–water partition coefficient (Wildman–Crippen LogP) is 5.58. The minimum absolute atomic E-state index is 0.788. The van der Waals surface area contributed by atoms with Gasteiger partial charge in [0.05, 0.1) is 0 Å². The number of fused-ring (bicyclic) bond motifs is 3. The molecule has 0 radical (unpaired) electrons. The standard InChI is InChI=1S/C19H13Cl/c20-15-7-3-6-13(11-15)17-9-4-10-18-16-8-2-1-5-14(16)12-19(17)18/h1-11H,12H2. The summed E-state index contributed by atoms with van der Waals surface area (Å²) in [6, 6.07) is 23.3. The van der Waals surface area contributed by atoms with Crippen molar-refractivity contribution in [2.24, 2.45) is 0 Å². The van der Waals surface area contributed by atoms with Gasteiger partial charge in [0.15, 0.2) is 0 Å². The second-order valence-corrected chi connectivity index (χ2v) is 5.61. The summed E-state index contributed by atoms with van der Waals surface area (Å²) in [4.78, 5) is 0. The molecule has 0 atom stereocenters. The highest BCUT2D eigenvalue weighted by Gasteiger charge is 2.20. The minimum Gasteiger partial charge on any atom is -0.0843 e. The molecular weight excluding hydrogens is 264 g/mol. The van der Waals surface area contributed by atoms with Gasteiger partial charge in [-0.05, 0) is 51.9 Å². The molecule has 0 bridgehead atoms. The number of rotatable bonds is 1. The van der Waals surface area contributed by atoms with Crippen LogP contribution in [0.15, 0.2) is 66.7 Å². The van der Waals surface area contributed by atoms with Crippen molar-refractivity contribution >= 4 is 11.6 Å². The van der Waals surface area contributed by atoms with Gasteiger partial charge in [-0.2, -0.15) is 0 Å². The van der Waals surface area contributed by atoms with Crippen molar-refractivity contribution in [3.05, 3.63) is 82.9 Å². The van der Waals surface area contributed by atoms with Gasteiger partial charge >= 0.3 is 0 Å². The lowest BCUT2D eigenvalue weighted by atomic mass is 9.96. The van der Waals surface area contributed by atoms with Gasteiger partial charge in [-0.3, -0.25) is 0 Å². The molecule has 0 heterocycles. The summed E-state index contributed by atoms with van der Waals surface area (Å²) in [5.74, 6) is 0. The van der Waals surface area contributed by atoms with Gasteiger partial charge in [0.1, 0.15) is 0 Å². The summed E-state index contributed by atoms with van der Waals surface area (Å²) < 4.78 is 0. The molecule has 1 heteroatoms. The molecule has 3 aromatic rings. The fourth-order valence-electron chi connectivity index (χ4n) is 3.08. The molecule has 1 aliphatic rings. The topological polar surface area (TPSA) is 0 Å². The van der Waals surface area contributed by atoms with E-state index in [1.54, 1.807) is 0 Å². The van der Waals surface area contributed by atoms with Gasteiger partial charge in [-0.25, -0.2) is 0 Å². The molecule has 0 aromatic heterocycles. The van der Waals surface area contributed by atoms with Gasteiger partial charge in [-0.1, -0.05) is 66.2 Å². The maximum Gasteiger partial charge on any atom is 0.0412 e. The molecule has 0 fully saturated rings. The average Bonchev–Trinajstić information content (AvgIpc) is 2.86. The van der Waals surface area contributed by atoms with Crippen molar-refractivity contribution in [3.8, 4) is 22.3 Å².